The molecule has 8 nitrogen and oxygen atoms in total. The molecule has 9 heteroatoms. The Hall–Kier alpha value is -2.57. The van der Waals surface area contributed by atoms with E-state index in [0.29, 0.717) is 24.5 Å². The first-order valence-electron chi connectivity index (χ1n) is 8.66. The van der Waals surface area contributed by atoms with Crippen LogP contribution in [0.5, 0.6) is 5.75 Å². The Labute approximate surface area is 159 Å². The second-order valence-electron chi connectivity index (χ2n) is 5.86. The minimum atomic E-state index is -3.62. The Morgan fingerprint density at radius 1 is 1.33 bits per heavy atom. The predicted molar refractivity (Wildman–Crippen MR) is 99.6 cm³/mol. The van der Waals surface area contributed by atoms with Crippen molar-refractivity contribution in [2.45, 2.75) is 31.1 Å². The van der Waals surface area contributed by atoms with Crippen LogP contribution >= 0.6 is 0 Å². The number of carbonyl (C=O) groups excluding carboxylic acids is 1. The van der Waals surface area contributed by atoms with Crippen LogP contribution in [0.4, 0.5) is 5.69 Å². The van der Waals surface area contributed by atoms with Crippen molar-refractivity contribution in [3.8, 4) is 11.8 Å². The normalized spacial score (nSPS) is 15.7. The first-order chi connectivity index (χ1) is 12.9. The summed E-state index contributed by atoms with van der Waals surface area (Å²) in [5, 5.41) is 11.9. The van der Waals surface area contributed by atoms with E-state index in [-0.39, 0.29) is 17.1 Å². The van der Waals surface area contributed by atoms with E-state index in [1.54, 1.807) is 13.0 Å². The molecule has 0 aromatic heterocycles. The highest BCUT2D eigenvalue weighted by Gasteiger charge is 2.26. The van der Waals surface area contributed by atoms with Crippen molar-refractivity contribution in [1.29, 1.82) is 5.26 Å². The van der Waals surface area contributed by atoms with Crippen molar-refractivity contribution >= 4 is 21.7 Å². The number of anilines is 1. The van der Waals surface area contributed by atoms with Crippen LogP contribution < -0.4 is 10.1 Å². The molecule has 1 aliphatic heterocycles. The van der Waals surface area contributed by atoms with Crippen LogP contribution in [-0.4, -0.2) is 45.5 Å². The lowest BCUT2D eigenvalue weighted by molar-refractivity contribution is -0.138. The number of rotatable bonds is 7. The van der Waals surface area contributed by atoms with Gasteiger partial charge in [-0.05, 0) is 38.0 Å². The van der Waals surface area contributed by atoms with Crippen molar-refractivity contribution in [3.05, 3.63) is 30.0 Å². The number of hydrogen-bond donors (Lipinski definition) is 1. The van der Waals surface area contributed by atoms with Crippen LogP contribution in [0.25, 0.3) is 0 Å². The van der Waals surface area contributed by atoms with Crippen LogP contribution in [-0.2, 0) is 19.6 Å². The summed E-state index contributed by atoms with van der Waals surface area (Å²) in [5.41, 5.74) is 0.0934. The lowest BCUT2D eigenvalue weighted by Gasteiger charge is -2.26. The second kappa shape index (κ2) is 9.39. The third-order valence-corrected chi connectivity index (χ3v) is 6.01. The van der Waals surface area contributed by atoms with E-state index in [0.717, 1.165) is 19.3 Å². The average molecular weight is 393 g/mol. The van der Waals surface area contributed by atoms with Crippen LogP contribution in [0.3, 0.4) is 0 Å². The Morgan fingerprint density at radius 3 is 2.63 bits per heavy atom. The van der Waals surface area contributed by atoms with Gasteiger partial charge >= 0.3 is 5.97 Å². The van der Waals surface area contributed by atoms with Gasteiger partial charge < -0.3 is 14.8 Å². The van der Waals surface area contributed by atoms with Gasteiger partial charge in [0.2, 0.25) is 10.0 Å². The van der Waals surface area contributed by atoms with E-state index < -0.39 is 16.0 Å². The molecule has 1 fully saturated rings. The summed E-state index contributed by atoms with van der Waals surface area (Å²) in [4.78, 5) is 11.8. The lowest BCUT2D eigenvalue weighted by Crippen LogP contribution is -2.35. The summed E-state index contributed by atoms with van der Waals surface area (Å²) in [7, 11) is -2.17. The van der Waals surface area contributed by atoms with Gasteiger partial charge in [0.15, 0.2) is 5.57 Å². The van der Waals surface area contributed by atoms with Gasteiger partial charge in [0.05, 0.1) is 24.3 Å². The molecule has 0 aliphatic carbocycles. The number of ether oxygens (including phenoxy) is 2. The molecule has 2 rings (SSSR count). The van der Waals surface area contributed by atoms with Crippen molar-refractivity contribution in [1.82, 2.24) is 4.31 Å². The molecule has 1 aromatic carbocycles. The standard InChI is InChI=1S/C18H23N3O5S/c1-3-26-18(22)14(12-19)13-20-16-11-15(7-8-17(16)25-2)27(23,24)21-9-5-4-6-10-21/h7-8,11,13,20H,3-6,9-10H2,1-2H3/b14-13+. The second-order valence-corrected chi connectivity index (χ2v) is 7.80. The minimum absolute atomic E-state index is 0.121. The molecule has 0 bridgehead atoms. The molecule has 1 aliphatic rings. The van der Waals surface area contributed by atoms with Crippen molar-refractivity contribution in [2.75, 3.05) is 32.1 Å². The van der Waals surface area contributed by atoms with Gasteiger partial charge in [-0.15, -0.1) is 0 Å². The molecule has 0 atom stereocenters. The summed E-state index contributed by atoms with van der Waals surface area (Å²) in [6.07, 6.45) is 3.88. The topological polar surface area (TPSA) is 109 Å². The number of nitrogens with one attached hydrogen (secondary N) is 1. The number of nitriles is 1. The molecule has 0 spiro atoms. The first-order valence-corrected chi connectivity index (χ1v) is 10.1. The zero-order chi connectivity index (χ0) is 19.9. The van der Waals surface area contributed by atoms with E-state index >= 15 is 0 Å². The maximum absolute atomic E-state index is 12.8. The van der Waals surface area contributed by atoms with Crippen molar-refractivity contribution in [3.63, 3.8) is 0 Å². The molecule has 0 amide bonds. The maximum atomic E-state index is 12.8. The summed E-state index contributed by atoms with van der Waals surface area (Å²) in [5.74, 6) is -0.381. The zero-order valence-electron chi connectivity index (χ0n) is 15.4. The molecule has 0 saturated carbocycles. The highest BCUT2D eigenvalue weighted by Crippen LogP contribution is 2.30. The third-order valence-electron chi connectivity index (χ3n) is 4.11. The number of hydrogen-bond acceptors (Lipinski definition) is 7. The number of nitrogens with zero attached hydrogens (tertiary/aromatic N) is 2. The lowest BCUT2D eigenvalue weighted by atomic mass is 10.2. The first kappa shape index (κ1) is 20.7. The average Bonchev–Trinajstić information content (AvgIpc) is 2.69. The van der Waals surface area contributed by atoms with E-state index in [1.165, 1.54) is 35.8 Å². The minimum Gasteiger partial charge on any atom is -0.495 e. The van der Waals surface area contributed by atoms with Crippen LogP contribution in [0.2, 0.25) is 0 Å². The molecule has 0 unspecified atom stereocenters. The highest BCUT2D eigenvalue weighted by molar-refractivity contribution is 7.89. The smallest absolute Gasteiger partial charge is 0.350 e. The molecular formula is C18H23N3O5S. The van der Waals surface area contributed by atoms with E-state index in [9.17, 15) is 13.2 Å². The highest BCUT2D eigenvalue weighted by atomic mass is 32.2. The van der Waals surface area contributed by atoms with Gasteiger partial charge in [0.1, 0.15) is 11.8 Å². The van der Waals surface area contributed by atoms with Gasteiger partial charge in [-0.25, -0.2) is 13.2 Å². The number of piperidine rings is 1. The number of sulfonamides is 1. The molecule has 1 aromatic rings. The maximum Gasteiger partial charge on any atom is 0.350 e. The van der Waals surface area contributed by atoms with Crippen molar-refractivity contribution < 1.29 is 22.7 Å². The Morgan fingerprint density at radius 2 is 2.04 bits per heavy atom. The quantitative estimate of drug-likeness (QED) is 0.430. The summed E-state index contributed by atoms with van der Waals surface area (Å²) >= 11 is 0. The summed E-state index contributed by atoms with van der Waals surface area (Å²) < 4.78 is 37.2. The Balaban J connectivity index is 2.32. The largest absolute Gasteiger partial charge is 0.495 e. The fourth-order valence-corrected chi connectivity index (χ4v) is 4.25. The van der Waals surface area contributed by atoms with Gasteiger partial charge in [-0.1, -0.05) is 6.42 Å². The zero-order valence-corrected chi connectivity index (χ0v) is 16.2. The van der Waals surface area contributed by atoms with Gasteiger partial charge in [0.25, 0.3) is 0 Å². The molecule has 1 heterocycles. The SMILES string of the molecule is CCOC(=O)/C(C#N)=C/Nc1cc(S(=O)(=O)N2CCCCC2)ccc1OC. The fourth-order valence-electron chi connectivity index (χ4n) is 2.71. The van der Waals surface area contributed by atoms with Gasteiger partial charge in [-0.2, -0.15) is 9.57 Å². The molecule has 146 valence electrons. The molecule has 0 radical (unpaired) electrons. The van der Waals surface area contributed by atoms with Gasteiger partial charge in [0, 0.05) is 19.3 Å². The molecule has 1 N–H and O–H groups in total. The monoisotopic (exact) mass is 393 g/mol. The Bertz CT molecular complexity index is 852. The van der Waals surface area contributed by atoms with E-state index in [1.807, 2.05) is 0 Å². The Kier molecular flexibility index (Phi) is 7.21. The predicted octanol–water partition coefficient (Wildman–Crippen LogP) is 2.25. The van der Waals surface area contributed by atoms with E-state index in [4.69, 9.17) is 14.7 Å². The summed E-state index contributed by atoms with van der Waals surface area (Å²) in [6, 6.07) is 6.19. The third kappa shape index (κ3) is 4.99. The summed E-state index contributed by atoms with van der Waals surface area (Å²) in [6.45, 7) is 2.78. The van der Waals surface area contributed by atoms with Crippen LogP contribution in [0.15, 0.2) is 34.9 Å². The van der Waals surface area contributed by atoms with Crippen LogP contribution in [0.1, 0.15) is 26.2 Å². The van der Waals surface area contributed by atoms with E-state index in [2.05, 4.69) is 5.32 Å². The number of benzene rings is 1. The molecule has 1 saturated heterocycles. The van der Waals surface area contributed by atoms with Crippen LogP contribution in [0, 0.1) is 11.3 Å². The fraction of sp³-hybridized carbons (Fsp3) is 0.444. The number of carbonyl (C=O) groups is 1. The number of methoxy groups -OCH3 is 1. The number of esters is 1. The molecule has 27 heavy (non-hydrogen) atoms. The molecular weight excluding hydrogens is 370 g/mol. The van der Waals surface area contributed by atoms with Crippen molar-refractivity contribution in [2.24, 2.45) is 0 Å². The van der Waals surface area contributed by atoms with Gasteiger partial charge in [-0.3, -0.25) is 0 Å².